The van der Waals surface area contributed by atoms with Crippen molar-refractivity contribution in [3.05, 3.63) is 124 Å². The lowest BCUT2D eigenvalue weighted by molar-refractivity contribution is 0.426. The van der Waals surface area contributed by atoms with Crippen LogP contribution in [0.2, 0.25) is 0 Å². The Labute approximate surface area is 253 Å². The molecule has 3 heterocycles. The topological polar surface area (TPSA) is 84.1 Å². The lowest BCUT2D eigenvalue weighted by Gasteiger charge is -2.11. The summed E-state index contributed by atoms with van der Waals surface area (Å²) in [6.45, 7) is 2.02. The van der Waals surface area contributed by atoms with E-state index in [1.165, 1.54) is 5.56 Å². The molecule has 0 saturated heterocycles. The van der Waals surface area contributed by atoms with Crippen LogP contribution in [-0.2, 0) is 0 Å². The summed E-state index contributed by atoms with van der Waals surface area (Å²) in [6.07, 6.45) is 1.78. The first-order chi connectivity index (χ1) is 19.9. The second-order valence-electron chi connectivity index (χ2n) is 9.48. The van der Waals surface area contributed by atoms with E-state index in [1.54, 1.807) is 12.3 Å². The summed E-state index contributed by atoms with van der Waals surface area (Å²) in [5, 5.41) is 22.7. The molecule has 7 aromatic rings. The number of nitrogens with zero attached hydrogens (tertiary/aromatic N) is 4. The van der Waals surface area contributed by atoms with Crippen molar-refractivity contribution >= 4 is 77.1 Å². The minimum atomic E-state index is -1.57. The predicted molar refractivity (Wildman–Crippen MR) is 174 cm³/mol. The highest BCUT2D eigenvalue weighted by Gasteiger charge is 2.22. The molecule has 0 unspecified atom stereocenters. The molecule has 0 aliphatic heterocycles. The Morgan fingerprint density at radius 1 is 0.732 bits per heavy atom. The van der Waals surface area contributed by atoms with E-state index < -0.39 is 7.12 Å². The Hall–Kier alpha value is -3.89. The zero-order valence-corrected chi connectivity index (χ0v) is 25.1. The van der Waals surface area contributed by atoms with Crippen LogP contribution in [0.25, 0.3) is 49.9 Å². The maximum Gasteiger partial charge on any atom is 0.489 e. The predicted octanol–water partition coefficient (Wildman–Crippen LogP) is 6.99. The molecule has 0 spiro atoms. The van der Waals surface area contributed by atoms with E-state index in [-0.39, 0.29) is 0 Å². The minimum absolute atomic E-state index is 0.460. The minimum Gasteiger partial charge on any atom is -0.423 e. The van der Waals surface area contributed by atoms with Gasteiger partial charge in [-0.15, -0.1) is 0 Å². The highest BCUT2D eigenvalue weighted by molar-refractivity contribution is 9.11. The fourth-order valence-electron chi connectivity index (χ4n) is 4.96. The van der Waals surface area contributed by atoms with Crippen LogP contribution in [0, 0.1) is 6.92 Å². The smallest absolute Gasteiger partial charge is 0.423 e. The number of para-hydroxylation sites is 2. The first kappa shape index (κ1) is 27.3. The van der Waals surface area contributed by atoms with E-state index in [2.05, 4.69) is 36.8 Å². The van der Waals surface area contributed by atoms with Gasteiger partial charge in [-0.25, -0.2) is 15.0 Å². The number of pyridine rings is 1. The average molecular weight is 666 g/mol. The quantitative estimate of drug-likeness (QED) is 0.157. The van der Waals surface area contributed by atoms with Gasteiger partial charge in [0, 0.05) is 32.4 Å². The standard InChI is InChI=1S/C26H18BN3O2.C6H5Br2N/c31-27(32)20-13-8-16-23-24(20)19-12-5-7-15-22(19)30(23)26-28-21-14-6-4-11-18(21)25(29-26)17-9-2-1-3-10-17;1-4-2-6(8)9-3-5(4)7/h1-16,31-32H;2-3H,1H3. The maximum atomic E-state index is 10.0. The van der Waals surface area contributed by atoms with Crippen molar-refractivity contribution in [2.45, 2.75) is 6.92 Å². The third-order valence-electron chi connectivity index (χ3n) is 6.86. The molecule has 4 aromatic carbocycles. The van der Waals surface area contributed by atoms with E-state index in [0.717, 1.165) is 53.0 Å². The summed E-state index contributed by atoms with van der Waals surface area (Å²) in [6, 6.07) is 33.5. The van der Waals surface area contributed by atoms with Gasteiger partial charge < -0.3 is 10.0 Å². The van der Waals surface area contributed by atoms with Crippen molar-refractivity contribution in [1.82, 2.24) is 19.5 Å². The van der Waals surface area contributed by atoms with Crippen molar-refractivity contribution in [2.75, 3.05) is 0 Å². The highest BCUT2D eigenvalue weighted by Crippen LogP contribution is 2.33. The molecule has 6 nitrogen and oxygen atoms in total. The summed E-state index contributed by atoms with van der Waals surface area (Å²) < 4.78 is 3.92. The van der Waals surface area contributed by atoms with Crippen LogP contribution in [-0.4, -0.2) is 36.7 Å². The molecule has 0 bridgehead atoms. The normalized spacial score (nSPS) is 11.0. The van der Waals surface area contributed by atoms with Crippen LogP contribution in [0.3, 0.4) is 0 Å². The van der Waals surface area contributed by atoms with Crippen LogP contribution in [0.15, 0.2) is 118 Å². The van der Waals surface area contributed by atoms with Crippen LogP contribution in [0.4, 0.5) is 0 Å². The molecule has 0 saturated carbocycles. The van der Waals surface area contributed by atoms with Crippen molar-refractivity contribution in [3.63, 3.8) is 0 Å². The van der Waals surface area contributed by atoms with Gasteiger partial charge in [-0.1, -0.05) is 78.9 Å². The summed E-state index contributed by atoms with van der Waals surface area (Å²) in [5.74, 6) is 0.540. The Balaban J connectivity index is 0.000000289. The second-order valence-corrected chi connectivity index (χ2v) is 11.1. The zero-order chi connectivity index (χ0) is 28.5. The van der Waals surface area contributed by atoms with Gasteiger partial charge >= 0.3 is 7.12 Å². The third kappa shape index (κ3) is 5.29. The van der Waals surface area contributed by atoms with Gasteiger partial charge in [0.25, 0.3) is 0 Å². The molecule has 0 amide bonds. The molecule has 0 radical (unpaired) electrons. The lowest BCUT2D eigenvalue weighted by Crippen LogP contribution is -2.30. The van der Waals surface area contributed by atoms with Crippen molar-refractivity contribution in [2.24, 2.45) is 0 Å². The molecular formula is C32H23BBr2N4O2. The monoisotopic (exact) mass is 664 g/mol. The van der Waals surface area contributed by atoms with Gasteiger partial charge in [0.15, 0.2) is 0 Å². The van der Waals surface area contributed by atoms with Gasteiger partial charge in [-0.3, -0.25) is 4.57 Å². The molecule has 7 rings (SSSR count). The van der Waals surface area contributed by atoms with Crippen LogP contribution >= 0.6 is 31.9 Å². The number of aryl methyl sites for hydroxylation is 1. The SMILES string of the molecule is Cc1cc(Br)ncc1Br.OB(O)c1cccc2c1c1ccccc1n2-c1nc(-c2ccccc2)c2ccccc2n1. The number of hydrogen-bond acceptors (Lipinski definition) is 5. The number of rotatable bonds is 3. The number of hydrogen-bond donors (Lipinski definition) is 2. The van der Waals surface area contributed by atoms with Crippen LogP contribution < -0.4 is 5.46 Å². The number of aromatic nitrogens is 4. The molecule has 200 valence electrons. The second kappa shape index (κ2) is 11.5. The van der Waals surface area contributed by atoms with Gasteiger partial charge in [0.2, 0.25) is 5.95 Å². The largest absolute Gasteiger partial charge is 0.489 e. The molecule has 41 heavy (non-hydrogen) atoms. The van der Waals surface area contributed by atoms with Crippen LogP contribution in [0.5, 0.6) is 0 Å². The van der Waals surface area contributed by atoms with Gasteiger partial charge in [0.05, 0.1) is 22.2 Å². The first-order valence-electron chi connectivity index (χ1n) is 12.9. The average Bonchev–Trinajstić information content (AvgIpc) is 3.34. The molecule has 0 aliphatic rings. The van der Waals surface area contributed by atoms with E-state index in [0.29, 0.717) is 11.4 Å². The van der Waals surface area contributed by atoms with E-state index in [4.69, 9.17) is 9.97 Å². The molecule has 0 aliphatic carbocycles. The third-order valence-corrected chi connectivity index (χ3v) is 8.12. The summed E-state index contributed by atoms with van der Waals surface area (Å²) in [7, 11) is -1.57. The zero-order valence-electron chi connectivity index (χ0n) is 21.9. The fourth-order valence-corrected chi connectivity index (χ4v) is 5.63. The van der Waals surface area contributed by atoms with E-state index in [1.807, 2.05) is 109 Å². The van der Waals surface area contributed by atoms with E-state index >= 15 is 0 Å². The maximum absolute atomic E-state index is 10.0. The lowest BCUT2D eigenvalue weighted by atomic mass is 9.77. The van der Waals surface area contributed by atoms with Gasteiger partial charge in [-0.2, -0.15) is 0 Å². The molecule has 2 N–H and O–H groups in total. The van der Waals surface area contributed by atoms with Gasteiger partial charge in [-0.05, 0) is 74.1 Å². The number of benzene rings is 4. The molecular weight excluding hydrogens is 643 g/mol. The highest BCUT2D eigenvalue weighted by atomic mass is 79.9. The number of halogens is 2. The van der Waals surface area contributed by atoms with Crippen molar-refractivity contribution in [1.29, 1.82) is 0 Å². The molecule has 9 heteroatoms. The van der Waals surface area contributed by atoms with Crippen molar-refractivity contribution in [3.8, 4) is 17.2 Å². The molecule has 3 aromatic heterocycles. The Morgan fingerprint density at radius 2 is 1.41 bits per heavy atom. The molecule has 0 fully saturated rings. The fraction of sp³-hybridized carbons (Fsp3) is 0.0312. The molecule has 0 atom stereocenters. The van der Waals surface area contributed by atoms with Gasteiger partial charge in [0.1, 0.15) is 4.60 Å². The Morgan fingerprint density at radius 3 is 2.15 bits per heavy atom. The first-order valence-corrected chi connectivity index (χ1v) is 14.5. The summed E-state index contributed by atoms with van der Waals surface area (Å²) >= 11 is 6.61. The van der Waals surface area contributed by atoms with Crippen molar-refractivity contribution < 1.29 is 10.0 Å². The Kier molecular flexibility index (Phi) is 7.68. The Bertz CT molecular complexity index is 2030. The summed E-state index contributed by atoms with van der Waals surface area (Å²) in [5.41, 5.74) is 6.10. The summed E-state index contributed by atoms with van der Waals surface area (Å²) in [4.78, 5) is 13.9. The number of fused-ring (bicyclic) bond motifs is 4. The van der Waals surface area contributed by atoms with E-state index in [9.17, 15) is 10.0 Å². The van der Waals surface area contributed by atoms with Crippen LogP contribution in [0.1, 0.15) is 5.56 Å².